The van der Waals surface area contributed by atoms with Crippen molar-refractivity contribution in [3.8, 4) is 0 Å². The number of pyridine rings is 1. The van der Waals surface area contributed by atoms with Gasteiger partial charge in [0.05, 0.1) is 20.5 Å². The Morgan fingerprint density at radius 2 is 1.56 bits per heavy atom. The van der Waals surface area contributed by atoms with Gasteiger partial charge in [0.2, 0.25) is 0 Å². The van der Waals surface area contributed by atoms with E-state index in [0.29, 0.717) is 6.54 Å². The summed E-state index contributed by atoms with van der Waals surface area (Å²) in [5.41, 5.74) is -1.01. The zero-order chi connectivity index (χ0) is 20.6. The molecule has 0 N–H and O–H groups in total. The normalized spacial score (nSPS) is 10.4. The molecule has 0 saturated heterocycles. The predicted molar refractivity (Wildman–Crippen MR) is 97.8 cm³/mol. The van der Waals surface area contributed by atoms with Crippen molar-refractivity contribution in [2.75, 3.05) is 14.2 Å². The van der Waals surface area contributed by atoms with E-state index in [0.717, 1.165) is 0 Å². The quantitative estimate of drug-likeness (QED) is 0.754. The summed E-state index contributed by atoms with van der Waals surface area (Å²) in [4.78, 5) is 44.7. The fourth-order valence-electron chi connectivity index (χ4n) is 2.07. The first kappa shape index (κ1) is 21.9. The zero-order valence-electron chi connectivity index (χ0n) is 16.0. The average molecular weight is 377 g/mol. The Hall–Kier alpha value is -3.16. The van der Waals surface area contributed by atoms with Crippen LogP contribution in [0.5, 0.6) is 0 Å². The third-order valence-electron chi connectivity index (χ3n) is 3.21. The first-order valence-corrected chi connectivity index (χ1v) is 8.04. The average Bonchev–Trinajstić information content (AvgIpc) is 2.62. The minimum atomic E-state index is -0.681. The number of carbonyl (C=O) groups excluding carboxylic acids is 2. The van der Waals surface area contributed by atoms with Gasteiger partial charge in [0.15, 0.2) is 0 Å². The van der Waals surface area contributed by atoms with E-state index in [-0.39, 0.29) is 22.1 Å². The van der Waals surface area contributed by atoms with Gasteiger partial charge >= 0.3 is 17.6 Å². The van der Waals surface area contributed by atoms with Crippen LogP contribution in [0.1, 0.15) is 41.5 Å². The van der Waals surface area contributed by atoms with E-state index in [1.165, 1.54) is 43.2 Å². The van der Waals surface area contributed by atoms with Gasteiger partial charge in [0.1, 0.15) is 11.1 Å². The lowest BCUT2D eigenvalue weighted by atomic mass is 9.97. The number of aromatic nitrogens is 1. The Morgan fingerprint density at radius 1 is 1.00 bits per heavy atom. The van der Waals surface area contributed by atoms with Gasteiger partial charge in [-0.2, -0.15) is 0 Å². The van der Waals surface area contributed by atoms with Gasteiger partial charge in [-0.15, -0.1) is 0 Å². The molecule has 8 heteroatoms. The Morgan fingerprint density at radius 3 is 2.07 bits per heavy atom. The van der Waals surface area contributed by atoms with Crippen molar-refractivity contribution < 1.29 is 23.5 Å². The lowest BCUT2D eigenvalue weighted by molar-refractivity contribution is 0.0587. The lowest BCUT2D eigenvalue weighted by Gasteiger charge is -2.19. The highest BCUT2D eigenvalue weighted by atomic mass is 16.5. The molecule has 0 unspecified atom stereocenters. The summed E-state index contributed by atoms with van der Waals surface area (Å²) in [5.74, 6) is -1.27. The molecule has 0 saturated carbocycles. The molecule has 27 heavy (non-hydrogen) atoms. The SMILES string of the molecule is COC(=O)c1cccn(CC(C)(C)C)c1=O.COC(=O)c1cccoc1=O. The van der Waals surface area contributed by atoms with Crippen LogP contribution in [0, 0.1) is 5.41 Å². The number of nitrogens with zero attached hydrogens (tertiary/aromatic N) is 1. The van der Waals surface area contributed by atoms with E-state index < -0.39 is 17.6 Å². The van der Waals surface area contributed by atoms with Crippen LogP contribution in [0.3, 0.4) is 0 Å². The molecule has 0 aliphatic carbocycles. The van der Waals surface area contributed by atoms with E-state index in [2.05, 4.69) is 13.9 Å². The van der Waals surface area contributed by atoms with Crippen LogP contribution in [0.15, 0.2) is 50.7 Å². The topological polar surface area (TPSA) is 105 Å². The van der Waals surface area contributed by atoms with Crippen LogP contribution in [-0.2, 0) is 16.0 Å². The lowest BCUT2D eigenvalue weighted by Crippen LogP contribution is -2.30. The summed E-state index contributed by atoms with van der Waals surface area (Å²) in [7, 11) is 2.47. The maximum atomic E-state index is 11.9. The molecule has 0 aliphatic heterocycles. The molecular formula is C19H23NO7. The van der Waals surface area contributed by atoms with Crippen molar-refractivity contribution in [2.45, 2.75) is 27.3 Å². The molecule has 0 aliphatic rings. The minimum absolute atomic E-state index is 0.0153. The Labute approximate surface area is 156 Å². The maximum Gasteiger partial charge on any atom is 0.350 e. The summed E-state index contributed by atoms with van der Waals surface area (Å²) >= 11 is 0. The molecule has 2 heterocycles. The van der Waals surface area contributed by atoms with Gasteiger partial charge in [-0.25, -0.2) is 14.4 Å². The number of hydrogen-bond acceptors (Lipinski definition) is 7. The molecule has 0 spiro atoms. The van der Waals surface area contributed by atoms with Crippen LogP contribution < -0.4 is 11.2 Å². The smallest absolute Gasteiger partial charge is 0.350 e. The Kier molecular flexibility index (Phi) is 7.71. The summed E-state index contributed by atoms with van der Waals surface area (Å²) in [6.07, 6.45) is 2.88. The predicted octanol–water partition coefficient (Wildman–Crippen LogP) is 2.11. The molecule has 2 aromatic heterocycles. The maximum absolute atomic E-state index is 11.9. The molecule has 8 nitrogen and oxygen atoms in total. The van der Waals surface area contributed by atoms with E-state index in [1.54, 1.807) is 12.3 Å². The molecule has 2 aromatic rings. The molecular weight excluding hydrogens is 354 g/mol. The molecule has 0 fully saturated rings. The van der Waals surface area contributed by atoms with Gasteiger partial charge in [0, 0.05) is 12.7 Å². The second-order valence-electron chi connectivity index (χ2n) is 6.71. The van der Waals surface area contributed by atoms with Crippen LogP contribution in [-0.4, -0.2) is 30.7 Å². The standard InChI is InChI=1S/C12H17NO3.C7H6O4/c1-12(2,3)8-13-7-5-6-9(10(13)14)11(15)16-4;1-10-6(8)5-3-2-4-11-7(5)9/h5-7H,8H2,1-4H3;2-4H,1H3. The molecule has 0 atom stereocenters. The summed E-state index contributed by atoms with van der Waals surface area (Å²) in [5, 5.41) is 0. The number of ether oxygens (including phenoxy) is 2. The third-order valence-corrected chi connectivity index (χ3v) is 3.21. The summed E-state index contributed by atoms with van der Waals surface area (Å²) in [6, 6.07) is 5.96. The largest absolute Gasteiger partial charge is 0.465 e. The second kappa shape index (κ2) is 9.51. The monoisotopic (exact) mass is 377 g/mol. The van der Waals surface area contributed by atoms with Gasteiger partial charge < -0.3 is 18.5 Å². The van der Waals surface area contributed by atoms with E-state index in [9.17, 15) is 19.2 Å². The van der Waals surface area contributed by atoms with Crippen molar-refractivity contribution >= 4 is 11.9 Å². The van der Waals surface area contributed by atoms with Crippen LogP contribution in [0.4, 0.5) is 0 Å². The minimum Gasteiger partial charge on any atom is -0.465 e. The van der Waals surface area contributed by atoms with Crippen molar-refractivity contribution in [1.29, 1.82) is 0 Å². The summed E-state index contributed by atoms with van der Waals surface area (Å²) in [6.45, 7) is 6.66. The molecule has 2 rings (SSSR count). The zero-order valence-corrected chi connectivity index (χ0v) is 16.0. The molecule has 0 bridgehead atoms. The highest BCUT2D eigenvalue weighted by molar-refractivity contribution is 5.89. The third kappa shape index (κ3) is 6.58. The highest BCUT2D eigenvalue weighted by Crippen LogP contribution is 2.14. The Balaban J connectivity index is 0.000000289. The number of hydrogen-bond donors (Lipinski definition) is 0. The van der Waals surface area contributed by atoms with Gasteiger partial charge in [-0.1, -0.05) is 20.8 Å². The van der Waals surface area contributed by atoms with Gasteiger partial charge in [-0.05, 0) is 29.7 Å². The number of carbonyl (C=O) groups is 2. The van der Waals surface area contributed by atoms with Crippen molar-refractivity contribution in [3.05, 3.63) is 68.6 Å². The molecule has 0 radical (unpaired) electrons. The first-order valence-electron chi connectivity index (χ1n) is 8.04. The van der Waals surface area contributed by atoms with E-state index in [4.69, 9.17) is 0 Å². The Bertz CT molecular complexity index is 903. The second-order valence-corrected chi connectivity index (χ2v) is 6.71. The number of esters is 2. The molecule has 0 aromatic carbocycles. The van der Waals surface area contributed by atoms with Crippen molar-refractivity contribution in [3.63, 3.8) is 0 Å². The van der Waals surface area contributed by atoms with Crippen LogP contribution >= 0.6 is 0 Å². The molecule has 146 valence electrons. The fraction of sp³-hybridized carbons (Fsp3) is 0.368. The molecule has 0 amide bonds. The summed E-state index contributed by atoms with van der Waals surface area (Å²) < 4.78 is 14.8. The van der Waals surface area contributed by atoms with Crippen molar-refractivity contribution in [1.82, 2.24) is 4.57 Å². The highest BCUT2D eigenvalue weighted by Gasteiger charge is 2.16. The fourth-order valence-corrected chi connectivity index (χ4v) is 2.07. The van der Waals surface area contributed by atoms with E-state index in [1.807, 2.05) is 20.8 Å². The van der Waals surface area contributed by atoms with Gasteiger partial charge in [0.25, 0.3) is 5.56 Å². The van der Waals surface area contributed by atoms with Crippen LogP contribution in [0.2, 0.25) is 0 Å². The van der Waals surface area contributed by atoms with Gasteiger partial charge in [-0.3, -0.25) is 4.79 Å². The number of methoxy groups -OCH3 is 2. The van der Waals surface area contributed by atoms with Crippen molar-refractivity contribution in [2.24, 2.45) is 5.41 Å². The van der Waals surface area contributed by atoms with E-state index >= 15 is 0 Å². The first-order chi connectivity index (χ1) is 12.6. The number of rotatable bonds is 3. The van der Waals surface area contributed by atoms with Crippen LogP contribution in [0.25, 0.3) is 0 Å².